The molecule has 37 heavy (non-hydrogen) atoms. The normalized spacial score (nSPS) is 15.9. The van der Waals surface area contributed by atoms with Crippen molar-refractivity contribution in [2.45, 2.75) is 19.5 Å². The fourth-order valence-corrected chi connectivity index (χ4v) is 4.87. The fraction of sp³-hybridized carbons (Fsp3) is 0.320. The summed E-state index contributed by atoms with van der Waals surface area (Å²) in [7, 11) is -1.93. The first-order chi connectivity index (χ1) is 17.3. The second kappa shape index (κ2) is 10.9. The molecule has 0 amide bonds. The van der Waals surface area contributed by atoms with Gasteiger partial charge >= 0.3 is 0 Å². The number of hydrogen-bond acceptors (Lipinski definition) is 8. The molecule has 0 aliphatic carbocycles. The third-order valence-electron chi connectivity index (χ3n) is 6.36. The van der Waals surface area contributed by atoms with Gasteiger partial charge in [0.2, 0.25) is 16.0 Å². The first-order valence-electron chi connectivity index (χ1n) is 11.8. The maximum Gasteiger partial charge on any atom is 0.233 e. The topological polar surface area (TPSA) is 108 Å². The third kappa shape index (κ3) is 5.95. The fourth-order valence-electron chi connectivity index (χ4n) is 4.39. The lowest BCUT2D eigenvalue weighted by molar-refractivity contribution is 0.485. The highest BCUT2D eigenvalue weighted by atomic mass is 35.5. The van der Waals surface area contributed by atoms with E-state index in [1.807, 2.05) is 35.0 Å². The highest BCUT2D eigenvalue weighted by molar-refractivity contribution is 7.92. The molecule has 4 heterocycles. The van der Waals surface area contributed by atoms with Crippen LogP contribution >= 0.6 is 12.4 Å². The molecule has 4 aromatic rings. The van der Waals surface area contributed by atoms with Crippen molar-refractivity contribution in [2.75, 3.05) is 47.5 Å². The predicted molar refractivity (Wildman–Crippen MR) is 151 cm³/mol. The SMILES string of the molecule is CC1CN(c2ccc(Nc3ncc4ccn(Cc5cccnc5N(C)S(C)(=O)=O)c4n3)cc2)CCN1.Cl. The van der Waals surface area contributed by atoms with Gasteiger partial charge in [0, 0.05) is 73.6 Å². The van der Waals surface area contributed by atoms with Gasteiger partial charge in [0.15, 0.2) is 0 Å². The summed E-state index contributed by atoms with van der Waals surface area (Å²) in [5, 5.41) is 7.66. The van der Waals surface area contributed by atoms with Crippen molar-refractivity contribution in [3.63, 3.8) is 0 Å². The van der Waals surface area contributed by atoms with Gasteiger partial charge in [-0.1, -0.05) is 6.07 Å². The van der Waals surface area contributed by atoms with Crippen molar-refractivity contribution in [3.8, 4) is 0 Å². The van der Waals surface area contributed by atoms with Crippen LogP contribution in [0.3, 0.4) is 0 Å². The Morgan fingerprint density at radius 1 is 1.16 bits per heavy atom. The van der Waals surface area contributed by atoms with Crippen LogP contribution in [0.1, 0.15) is 12.5 Å². The molecule has 3 aromatic heterocycles. The number of fused-ring (bicyclic) bond motifs is 1. The molecule has 1 atom stereocenters. The zero-order chi connectivity index (χ0) is 25.3. The van der Waals surface area contributed by atoms with E-state index in [0.29, 0.717) is 24.4 Å². The largest absolute Gasteiger partial charge is 0.369 e. The van der Waals surface area contributed by atoms with Crippen LogP contribution in [0.4, 0.5) is 23.1 Å². The number of sulfonamides is 1. The van der Waals surface area contributed by atoms with E-state index in [2.05, 4.69) is 44.6 Å². The summed E-state index contributed by atoms with van der Waals surface area (Å²) in [6.07, 6.45) is 6.46. The van der Waals surface area contributed by atoms with E-state index < -0.39 is 10.0 Å². The summed E-state index contributed by atoms with van der Waals surface area (Å²) < 4.78 is 27.3. The number of piperazine rings is 1. The Morgan fingerprint density at radius 2 is 1.95 bits per heavy atom. The van der Waals surface area contributed by atoms with Crippen molar-refractivity contribution in [2.24, 2.45) is 0 Å². The summed E-state index contributed by atoms with van der Waals surface area (Å²) >= 11 is 0. The number of anilines is 4. The minimum absolute atomic E-state index is 0. The van der Waals surface area contributed by atoms with Gasteiger partial charge in [-0.25, -0.2) is 18.4 Å². The van der Waals surface area contributed by atoms with Crippen LogP contribution in [0.15, 0.2) is 61.1 Å². The summed E-state index contributed by atoms with van der Waals surface area (Å²) in [5.41, 5.74) is 3.62. The van der Waals surface area contributed by atoms with Crippen LogP contribution in [-0.2, 0) is 16.6 Å². The van der Waals surface area contributed by atoms with Crippen molar-refractivity contribution in [1.29, 1.82) is 0 Å². The minimum atomic E-state index is -3.43. The summed E-state index contributed by atoms with van der Waals surface area (Å²) in [6, 6.07) is 14.4. The third-order valence-corrected chi connectivity index (χ3v) is 7.53. The second-order valence-corrected chi connectivity index (χ2v) is 11.1. The summed E-state index contributed by atoms with van der Waals surface area (Å²) in [6.45, 7) is 5.58. The monoisotopic (exact) mass is 542 g/mol. The maximum absolute atomic E-state index is 12.1. The molecule has 1 saturated heterocycles. The average Bonchev–Trinajstić information content (AvgIpc) is 3.26. The molecule has 196 valence electrons. The Morgan fingerprint density at radius 3 is 2.68 bits per heavy atom. The minimum Gasteiger partial charge on any atom is -0.369 e. The number of pyridine rings is 1. The first-order valence-corrected chi connectivity index (χ1v) is 13.7. The van der Waals surface area contributed by atoms with Gasteiger partial charge in [0.25, 0.3) is 0 Å². The van der Waals surface area contributed by atoms with Gasteiger partial charge in [-0.05, 0) is 43.3 Å². The van der Waals surface area contributed by atoms with E-state index >= 15 is 0 Å². The molecular formula is C25H31ClN8O2S. The lowest BCUT2D eigenvalue weighted by Gasteiger charge is -2.33. The Hall–Kier alpha value is -3.41. The number of nitrogens with one attached hydrogen (secondary N) is 2. The zero-order valence-electron chi connectivity index (χ0n) is 21.0. The standard InChI is InChI=1S/C25H30N8O2S.ClH/c1-18-16-32(14-12-26-18)22-8-6-21(7-9-22)29-25-28-15-19-10-13-33(24(19)30-25)17-20-5-4-11-27-23(20)31(2)36(3,34)35;/h4-11,13,15,18,26H,12,14,16-17H2,1-3H3,(H,28,29,30);1H. The molecule has 0 radical (unpaired) electrons. The first kappa shape index (κ1) is 26.6. The molecule has 10 nitrogen and oxygen atoms in total. The van der Waals surface area contributed by atoms with Crippen molar-refractivity contribution >= 4 is 56.6 Å². The highest BCUT2D eigenvalue weighted by Gasteiger charge is 2.18. The van der Waals surface area contributed by atoms with E-state index in [1.54, 1.807) is 18.5 Å². The molecule has 0 saturated carbocycles. The lowest BCUT2D eigenvalue weighted by atomic mass is 10.2. The van der Waals surface area contributed by atoms with Crippen LogP contribution in [0.25, 0.3) is 11.0 Å². The lowest BCUT2D eigenvalue weighted by Crippen LogP contribution is -2.49. The Bertz CT molecular complexity index is 1480. The number of aromatic nitrogens is 4. The maximum atomic E-state index is 12.1. The van der Waals surface area contributed by atoms with Crippen LogP contribution < -0.4 is 19.8 Å². The Kier molecular flexibility index (Phi) is 7.86. The van der Waals surface area contributed by atoms with Crippen LogP contribution in [0.2, 0.25) is 0 Å². The molecule has 1 aromatic carbocycles. The van der Waals surface area contributed by atoms with Gasteiger partial charge in [-0.2, -0.15) is 4.98 Å². The zero-order valence-corrected chi connectivity index (χ0v) is 22.6. The molecule has 0 bridgehead atoms. The van der Waals surface area contributed by atoms with E-state index in [-0.39, 0.29) is 12.4 Å². The van der Waals surface area contributed by atoms with Crippen molar-refractivity contribution in [1.82, 2.24) is 24.8 Å². The Labute approximate surface area is 223 Å². The summed E-state index contributed by atoms with van der Waals surface area (Å²) in [4.78, 5) is 15.9. The van der Waals surface area contributed by atoms with Gasteiger partial charge < -0.3 is 20.1 Å². The smallest absolute Gasteiger partial charge is 0.233 e. The number of halogens is 1. The van der Waals surface area contributed by atoms with E-state index in [0.717, 1.165) is 41.9 Å². The molecule has 12 heteroatoms. The molecule has 0 spiro atoms. The van der Waals surface area contributed by atoms with Gasteiger partial charge in [0.1, 0.15) is 11.5 Å². The molecule has 1 aliphatic heterocycles. The predicted octanol–water partition coefficient (Wildman–Crippen LogP) is 3.23. The molecule has 1 aliphatic rings. The van der Waals surface area contributed by atoms with Crippen LogP contribution in [-0.4, -0.2) is 66.9 Å². The summed E-state index contributed by atoms with van der Waals surface area (Å²) in [5.74, 6) is 0.888. The quantitative estimate of drug-likeness (QED) is 0.366. The molecule has 1 fully saturated rings. The number of benzene rings is 1. The van der Waals surface area contributed by atoms with Crippen molar-refractivity contribution in [3.05, 3.63) is 66.6 Å². The van der Waals surface area contributed by atoms with Gasteiger partial charge in [0.05, 0.1) is 12.8 Å². The average molecular weight is 543 g/mol. The molecule has 2 N–H and O–H groups in total. The van der Waals surface area contributed by atoms with E-state index in [9.17, 15) is 8.42 Å². The Balaban J connectivity index is 0.00000320. The molecular weight excluding hydrogens is 512 g/mol. The van der Waals surface area contributed by atoms with Gasteiger partial charge in [-0.15, -0.1) is 12.4 Å². The number of hydrogen-bond donors (Lipinski definition) is 2. The molecule has 1 unspecified atom stereocenters. The number of nitrogens with zero attached hydrogens (tertiary/aromatic N) is 6. The van der Waals surface area contributed by atoms with E-state index in [1.165, 1.54) is 23.3 Å². The highest BCUT2D eigenvalue weighted by Crippen LogP contribution is 2.24. The number of rotatable bonds is 7. The molecule has 5 rings (SSSR count). The van der Waals surface area contributed by atoms with Gasteiger partial charge in [-0.3, -0.25) is 4.31 Å². The second-order valence-electron chi connectivity index (χ2n) is 9.11. The van der Waals surface area contributed by atoms with Crippen LogP contribution in [0, 0.1) is 0 Å². The van der Waals surface area contributed by atoms with E-state index in [4.69, 9.17) is 4.98 Å². The van der Waals surface area contributed by atoms with Crippen LogP contribution in [0.5, 0.6) is 0 Å². The van der Waals surface area contributed by atoms with Crippen molar-refractivity contribution < 1.29 is 8.42 Å².